The molecule has 42 heavy (non-hydrogen) atoms. The second-order valence-corrected chi connectivity index (χ2v) is 10.4. The predicted molar refractivity (Wildman–Crippen MR) is 152 cm³/mol. The maximum Gasteiger partial charge on any atom is 0.435 e. The molecule has 11 heteroatoms. The summed E-state index contributed by atoms with van der Waals surface area (Å²) in [6.07, 6.45) is 1.47. The van der Waals surface area contributed by atoms with Crippen molar-refractivity contribution in [2.75, 3.05) is 20.3 Å². The molecule has 2 aromatic carbocycles. The average molecular weight is 582 g/mol. The number of aromatic nitrogens is 4. The molecule has 0 aliphatic carbocycles. The van der Waals surface area contributed by atoms with Gasteiger partial charge in [-0.2, -0.15) is 18.3 Å². The Labute approximate surface area is 242 Å². The van der Waals surface area contributed by atoms with Crippen molar-refractivity contribution in [3.63, 3.8) is 0 Å². The summed E-state index contributed by atoms with van der Waals surface area (Å²) in [4.78, 5) is 20.4. The maximum absolute atomic E-state index is 14.4. The zero-order chi connectivity index (χ0) is 30.2. The molecule has 1 atom stereocenters. The molecule has 3 heterocycles. The first-order chi connectivity index (χ1) is 20.0. The van der Waals surface area contributed by atoms with E-state index in [0.29, 0.717) is 24.3 Å². The number of carbonyl (C=O) groups excluding carboxylic acids is 1. The van der Waals surface area contributed by atoms with Gasteiger partial charge < -0.3 is 18.9 Å². The van der Waals surface area contributed by atoms with E-state index in [4.69, 9.17) is 9.47 Å². The summed E-state index contributed by atoms with van der Waals surface area (Å²) in [5.41, 5.74) is 1.94. The monoisotopic (exact) mass is 581 g/mol. The van der Waals surface area contributed by atoms with E-state index in [-0.39, 0.29) is 47.5 Å². The summed E-state index contributed by atoms with van der Waals surface area (Å²) < 4.78 is 57.0. The van der Waals surface area contributed by atoms with Crippen LogP contribution in [0.5, 0.6) is 11.5 Å². The maximum atomic E-state index is 14.4. The third-order valence-corrected chi connectivity index (χ3v) is 7.74. The molecular formula is C31H34F3N5O3. The first-order valence-electron chi connectivity index (χ1n) is 13.9. The van der Waals surface area contributed by atoms with E-state index < -0.39 is 11.9 Å². The number of imidazole rings is 1. The van der Waals surface area contributed by atoms with Crippen LogP contribution in [0.25, 0.3) is 11.1 Å². The van der Waals surface area contributed by atoms with Gasteiger partial charge in [0, 0.05) is 43.3 Å². The first kappa shape index (κ1) is 29.2. The van der Waals surface area contributed by atoms with E-state index >= 15 is 0 Å². The fourth-order valence-corrected chi connectivity index (χ4v) is 5.70. The molecule has 0 saturated heterocycles. The van der Waals surface area contributed by atoms with Crippen LogP contribution in [0.1, 0.15) is 64.9 Å². The summed E-state index contributed by atoms with van der Waals surface area (Å²) in [5, 5.41) is 3.71. The van der Waals surface area contributed by atoms with Crippen molar-refractivity contribution in [2.24, 2.45) is 7.05 Å². The lowest BCUT2D eigenvalue weighted by Gasteiger charge is -2.31. The first-order valence-corrected chi connectivity index (χ1v) is 13.9. The zero-order valence-corrected chi connectivity index (χ0v) is 24.3. The molecule has 1 unspecified atom stereocenters. The zero-order valence-electron chi connectivity index (χ0n) is 24.3. The van der Waals surface area contributed by atoms with Crippen molar-refractivity contribution in [1.82, 2.24) is 24.2 Å². The molecule has 1 aliphatic rings. The van der Waals surface area contributed by atoms with Crippen LogP contribution in [-0.2, 0) is 26.2 Å². The van der Waals surface area contributed by atoms with Gasteiger partial charge in [-0.25, -0.2) is 4.98 Å². The minimum atomic E-state index is -4.70. The predicted octanol–water partition coefficient (Wildman–Crippen LogP) is 6.22. The smallest absolute Gasteiger partial charge is 0.435 e. The molecule has 0 N–H and O–H groups in total. The van der Waals surface area contributed by atoms with Gasteiger partial charge in [-0.1, -0.05) is 19.9 Å². The van der Waals surface area contributed by atoms with Crippen LogP contribution in [0.2, 0.25) is 0 Å². The molecule has 0 radical (unpaired) electrons. The number of ether oxygens (including phenoxy) is 2. The Hall–Kier alpha value is -4.28. The molecule has 1 amide bonds. The summed E-state index contributed by atoms with van der Waals surface area (Å²) in [5.74, 6) is 1.26. The molecule has 2 aromatic heterocycles. The molecular weight excluding hydrogens is 547 g/mol. The number of hydrogen-bond acceptors (Lipinski definition) is 5. The largest absolute Gasteiger partial charge is 0.497 e. The summed E-state index contributed by atoms with van der Waals surface area (Å²) in [7, 11) is 3.04. The molecule has 0 saturated carbocycles. The molecule has 222 valence electrons. The molecule has 0 spiro atoms. The normalized spacial score (nSPS) is 14.4. The van der Waals surface area contributed by atoms with Gasteiger partial charge in [-0.05, 0) is 60.7 Å². The molecule has 0 bridgehead atoms. The van der Waals surface area contributed by atoms with Gasteiger partial charge in [0.05, 0.1) is 25.3 Å². The minimum Gasteiger partial charge on any atom is -0.497 e. The van der Waals surface area contributed by atoms with Crippen LogP contribution in [-0.4, -0.2) is 50.4 Å². The summed E-state index contributed by atoms with van der Waals surface area (Å²) in [6, 6.07) is 8.96. The number of fused-ring (bicyclic) bond motifs is 1. The second kappa shape index (κ2) is 11.5. The topological polar surface area (TPSA) is 74.4 Å². The van der Waals surface area contributed by atoms with Gasteiger partial charge in [0.25, 0.3) is 5.91 Å². The van der Waals surface area contributed by atoms with Crippen LogP contribution in [0, 0.1) is 6.92 Å². The van der Waals surface area contributed by atoms with Crippen molar-refractivity contribution in [2.45, 2.75) is 52.4 Å². The van der Waals surface area contributed by atoms with E-state index in [1.807, 2.05) is 36.6 Å². The molecule has 5 rings (SSSR count). The molecule has 1 aliphatic heterocycles. The Bertz CT molecular complexity index is 1610. The Morgan fingerprint density at radius 1 is 1.12 bits per heavy atom. The Morgan fingerprint density at radius 2 is 1.88 bits per heavy atom. The number of hydrogen-bond donors (Lipinski definition) is 0. The van der Waals surface area contributed by atoms with E-state index in [9.17, 15) is 18.0 Å². The van der Waals surface area contributed by atoms with Crippen molar-refractivity contribution in [1.29, 1.82) is 0 Å². The van der Waals surface area contributed by atoms with Crippen LogP contribution in [0.15, 0.2) is 48.9 Å². The SMILES string of the molecule is CCc1ccc(OC)cc1C(CC)N1CCOc2c(cc(Cn3ccnc3C)cc2-c2cn(C)nc2C(F)(F)F)C1=O. The number of nitrogens with zero attached hydrogens (tertiary/aromatic N) is 5. The Morgan fingerprint density at radius 3 is 2.52 bits per heavy atom. The Kier molecular flexibility index (Phi) is 8.03. The number of carbonyl (C=O) groups is 1. The van der Waals surface area contributed by atoms with Gasteiger partial charge in [0.2, 0.25) is 0 Å². The highest BCUT2D eigenvalue weighted by Crippen LogP contribution is 2.44. The van der Waals surface area contributed by atoms with Crippen LogP contribution < -0.4 is 9.47 Å². The quantitative estimate of drug-likeness (QED) is 0.247. The third kappa shape index (κ3) is 5.47. The Balaban J connectivity index is 1.68. The highest BCUT2D eigenvalue weighted by Gasteiger charge is 2.39. The van der Waals surface area contributed by atoms with Crippen LogP contribution in [0.3, 0.4) is 0 Å². The standard InChI is InChI=1S/C31H34F3N5O3/c1-6-21-8-9-22(41-5)16-23(21)27(7-2)39-12-13-42-28-24(26-18-37(4)36-29(26)31(32,33)34)14-20(15-25(28)30(39)40)17-38-11-10-35-19(38)3/h8-11,14-16,18,27H,6-7,12-13,17H2,1-5H3. The lowest BCUT2D eigenvalue weighted by atomic mass is 9.93. The molecule has 0 fully saturated rings. The molecule has 8 nitrogen and oxygen atoms in total. The van der Waals surface area contributed by atoms with Gasteiger partial charge >= 0.3 is 6.18 Å². The third-order valence-electron chi connectivity index (χ3n) is 7.74. The number of halogens is 3. The lowest BCUT2D eigenvalue weighted by molar-refractivity contribution is -0.141. The van der Waals surface area contributed by atoms with Crippen molar-refractivity contribution in [3.8, 4) is 22.6 Å². The highest BCUT2D eigenvalue weighted by atomic mass is 19.4. The minimum absolute atomic E-state index is 0.120. The number of aryl methyl sites for hydroxylation is 3. The van der Waals surface area contributed by atoms with Crippen LogP contribution >= 0.6 is 0 Å². The number of amides is 1. The van der Waals surface area contributed by atoms with E-state index in [1.54, 1.807) is 36.5 Å². The van der Waals surface area contributed by atoms with Gasteiger partial charge in [0.15, 0.2) is 5.69 Å². The second-order valence-electron chi connectivity index (χ2n) is 10.4. The number of methoxy groups -OCH3 is 1. The van der Waals surface area contributed by atoms with Gasteiger partial charge in [-0.15, -0.1) is 0 Å². The summed E-state index contributed by atoms with van der Waals surface area (Å²) in [6.45, 7) is 6.61. The number of alkyl halides is 3. The number of benzene rings is 2. The lowest BCUT2D eigenvalue weighted by Crippen LogP contribution is -2.36. The van der Waals surface area contributed by atoms with Crippen molar-refractivity contribution >= 4 is 5.91 Å². The van der Waals surface area contributed by atoms with Gasteiger partial charge in [-0.3, -0.25) is 9.48 Å². The van der Waals surface area contributed by atoms with E-state index in [2.05, 4.69) is 17.0 Å². The fourth-order valence-electron chi connectivity index (χ4n) is 5.70. The molecule has 4 aromatic rings. The van der Waals surface area contributed by atoms with Crippen molar-refractivity contribution < 1.29 is 27.4 Å². The van der Waals surface area contributed by atoms with E-state index in [0.717, 1.165) is 28.1 Å². The fraction of sp³-hybridized carbons (Fsp3) is 0.387. The number of rotatable bonds is 8. The highest BCUT2D eigenvalue weighted by molar-refractivity contribution is 6.00. The van der Waals surface area contributed by atoms with Crippen molar-refractivity contribution in [3.05, 3.63) is 82.7 Å². The van der Waals surface area contributed by atoms with Gasteiger partial charge in [0.1, 0.15) is 23.9 Å². The summed E-state index contributed by atoms with van der Waals surface area (Å²) >= 11 is 0. The average Bonchev–Trinajstić information content (AvgIpc) is 3.52. The van der Waals surface area contributed by atoms with E-state index in [1.165, 1.54) is 13.2 Å². The van der Waals surface area contributed by atoms with Crippen LogP contribution in [0.4, 0.5) is 13.2 Å².